The summed E-state index contributed by atoms with van der Waals surface area (Å²) in [5.41, 5.74) is 2.00. The van der Waals surface area contributed by atoms with Crippen molar-refractivity contribution in [3.8, 4) is 5.75 Å². The van der Waals surface area contributed by atoms with Crippen LogP contribution in [-0.2, 0) is 23.1 Å². The number of ether oxygens (including phenoxy) is 1. The van der Waals surface area contributed by atoms with Gasteiger partial charge in [0.1, 0.15) is 5.75 Å². The molecule has 9 heteroatoms. The van der Waals surface area contributed by atoms with E-state index < -0.39 is 10.0 Å². The normalized spacial score (nSPS) is 11.7. The number of benzene rings is 2. The molecule has 0 aromatic heterocycles. The van der Waals surface area contributed by atoms with Gasteiger partial charge in [0, 0.05) is 39.8 Å². The first-order valence-corrected chi connectivity index (χ1v) is 10.9. The zero-order chi connectivity index (χ0) is 21.4. The molecule has 166 valence electrons. The number of hydrogen-bond donors (Lipinski definition) is 1. The Morgan fingerprint density at radius 2 is 1.70 bits per heavy atom. The van der Waals surface area contributed by atoms with E-state index in [4.69, 9.17) is 9.73 Å². The smallest absolute Gasteiger partial charge is 0.242 e. The Balaban J connectivity index is 0.00000450. The number of nitrogens with zero attached hydrogens (tertiary/aromatic N) is 3. The zero-order valence-electron chi connectivity index (χ0n) is 18.1. The number of hydrogen-bond acceptors (Lipinski definition) is 4. The molecule has 2 rings (SSSR count). The minimum absolute atomic E-state index is 0. The van der Waals surface area contributed by atoms with Gasteiger partial charge in [-0.1, -0.05) is 30.3 Å². The molecule has 0 atom stereocenters. The van der Waals surface area contributed by atoms with Crippen LogP contribution in [-0.4, -0.2) is 58.4 Å². The van der Waals surface area contributed by atoms with Crippen molar-refractivity contribution in [3.05, 3.63) is 59.7 Å². The second kappa shape index (κ2) is 12.1. The van der Waals surface area contributed by atoms with Gasteiger partial charge in [-0.15, -0.1) is 24.0 Å². The molecule has 0 aliphatic heterocycles. The number of methoxy groups -OCH3 is 1. The molecule has 2 aromatic rings. The Morgan fingerprint density at radius 1 is 1.07 bits per heavy atom. The molecule has 0 radical (unpaired) electrons. The summed E-state index contributed by atoms with van der Waals surface area (Å²) in [6.45, 7) is 3.86. The van der Waals surface area contributed by atoms with Crippen LogP contribution in [0.15, 0.2) is 58.4 Å². The van der Waals surface area contributed by atoms with Crippen LogP contribution in [0.1, 0.15) is 18.1 Å². The summed E-state index contributed by atoms with van der Waals surface area (Å²) in [6.07, 6.45) is 0. The van der Waals surface area contributed by atoms with Crippen LogP contribution in [0.2, 0.25) is 0 Å². The SMILES string of the molecule is CCNC(=NCc1ccc(S(=O)(=O)N(C)C)cc1)N(C)Cc1ccccc1OC.I. The topological polar surface area (TPSA) is 74.2 Å². The number of rotatable bonds is 8. The quantitative estimate of drug-likeness (QED) is 0.313. The van der Waals surface area contributed by atoms with Crippen LogP contribution in [0.5, 0.6) is 5.75 Å². The molecule has 0 heterocycles. The van der Waals surface area contributed by atoms with Gasteiger partial charge in [-0.2, -0.15) is 0 Å². The molecule has 0 aliphatic carbocycles. The van der Waals surface area contributed by atoms with Crippen molar-refractivity contribution >= 4 is 40.0 Å². The van der Waals surface area contributed by atoms with E-state index in [0.29, 0.717) is 13.1 Å². The molecule has 1 N–H and O–H groups in total. The lowest BCUT2D eigenvalue weighted by atomic mass is 10.2. The predicted molar refractivity (Wildman–Crippen MR) is 132 cm³/mol. The fourth-order valence-corrected chi connectivity index (χ4v) is 3.68. The summed E-state index contributed by atoms with van der Waals surface area (Å²) in [5.74, 6) is 1.61. The third-order valence-corrected chi connectivity index (χ3v) is 6.24. The van der Waals surface area contributed by atoms with Crippen LogP contribution < -0.4 is 10.1 Å². The van der Waals surface area contributed by atoms with Crippen molar-refractivity contribution in [3.63, 3.8) is 0 Å². The van der Waals surface area contributed by atoms with Gasteiger partial charge in [0.25, 0.3) is 0 Å². The lowest BCUT2D eigenvalue weighted by Gasteiger charge is -2.23. The fourth-order valence-electron chi connectivity index (χ4n) is 2.78. The van der Waals surface area contributed by atoms with Gasteiger partial charge in [-0.05, 0) is 30.7 Å². The Labute approximate surface area is 197 Å². The van der Waals surface area contributed by atoms with Crippen molar-refractivity contribution < 1.29 is 13.2 Å². The van der Waals surface area contributed by atoms with Gasteiger partial charge >= 0.3 is 0 Å². The molecule has 0 amide bonds. The van der Waals surface area contributed by atoms with Crippen molar-refractivity contribution in [1.29, 1.82) is 0 Å². The average Bonchev–Trinajstić information content (AvgIpc) is 2.71. The largest absolute Gasteiger partial charge is 0.496 e. The molecule has 30 heavy (non-hydrogen) atoms. The fraction of sp³-hybridized carbons (Fsp3) is 0.381. The number of sulfonamides is 1. The Hall–Kier alpha value is -1.85. The summed E-state index contributed by atoms with van der Waals surface area (Å²) in [5, 5.41) is 3.29. The molecule has 0 aliphatic rings. The van der Waals surface area contributed by atoms with Gasteiger partial charge in [0.15, 0.2) is 5.96 Å². The maximum Gasteiger partial charge on any atom is 0.242 e. The van der Waals surface area contributed by atoms with Crippen LogP contribution in [0.25, 0.3) is 0 Å². The highest BCUT2D eigenvalue weighted by Crippen LogP contribution is 2.19. The molecule has 0 unspecified atom stereocenters. The number of aliphatic imine (C=N–C) groups is 1. The third-order valence-electron chi connectivity index (χ3n) is 4.41. The van der Waals surface area contributed by atoms with E-state index in [1.807, 2.05) is 43.1 Å². The Morgan fingerprint density at radius 3 is 2.27 bits per heavy atom. The first-order valence-electron chi connectivity index (χ1n) is 9.42. The summed E-state index contributed by atoms with van der Waals surface area (Å²) < 4.78 is 31.0. The number of halogens is 1. The van der Waals surface area contributed by atoms with E-state index in [9.17, 15) is 8.42 Å². The van der Waals surface area contributed by atoms with Gasteiger partial charge < -0.3 is 15.0 Å². The van der Waals surface area contributed by atoms with Crippen LogP contribution >= 0.6 is 24.0 Å². The summed E-state index contributed by atoms with van der Waals surface area (Å²) in [4.78, 5) is 7.00. The lowest BCUT2D eigenvalue weighted by Crippen LogP contribution is -2.38. The molecule has 7 nitrogen and oxygen atoms in total. The number of nitrogens with one attached hydrogen (secondary N) is 1. The zero-order valence-corrected chi connectivity index (χ0v) is 21.3. The van der Waals surface area contributed by atoms with Gasteiger partial charge in [-0.25, -0.2) is 17.7 Å². The standard InChI is InChI=1S/C21H30N4O3S.HI/c1-6-22-21(25(4)16-18-9-7-8-10-20(18)28-5)23-15-17-11-13-19(14-12-17)29(26,27)24(2)3;/h7-14H,6,15-16H2,1-5H3,(H,22,23);1H. The Bertz CT molecular complexity index is 932. The molecule has 0 bridgehead atoms. The summed E-state index contributed by atoms with van der Waals surface area (Å²) in [7, 11) is 3.26. The molecule has 2 aromatic carbocycles. The maximum atomic E-state index is 12.2. The molecular weight excluding hydrogens is 515 g/mol. The second-order valence-electron chi connectivity index (χ2n) is 6.77. The molecule has 0 spiro atoms. The van der Waals surface area contributed by atoms with Gasteiger partial charge in [0.2, 0.25) is 10.0 Å². The highest BCUT2D eigenvalue weighted by molar-refractivity contribution is 14.0. The minimum Gasteiger partial charge on any atom is -0.496 e. The maximum absolute atomic E-state index is 12.2. The molecule has 0 fully saturated rings. The number of para-hydroxylation sites is 1. The van der Waals surface area contributed by atoms with Crippen LogP contribution in [0.3, 0.4) is 0 Å². The highest BCUT2D eigenvalue weighted by Gasteiger charge is 2.16. The molecule has 0 saturated carbocycles. The highest BCUT2D eigenvalue weighted by atomic mass is 127. The number of guanidine groups is 1. The van der Waals surface area contributed by atoms with Crippen molar-refractivity contribution in [2.24, 2.45) is 4.99 Å². The summed E-state index contributed by atoms with van der Waals surface area (Å²) >= 11 is 0. The van der Waals surface area contributed by atoms with E-state index in [2.05, 4.69) is 5.32 Å². The minimum atomic E-state index is -3.42. The predicted octanol–water partition coefficient (Wildman–Crippen LogP) is 3.16. The first kappa shape index (κ1) is 26.2. The average molecular weight is 546 g/mol. The van der Waals surface area contributed by atoms with Crippen molar-refractivity contribution in [1.82, 2.24) is 14.5 Å². The molecule has 0 saturated heterocycles. The van der Waals surface area contributed by atoms with Crippen LogP contribution in [0, 0.1) is 0 Å². The van der Waals surface area contributed by atoms with Crippen molar-refractivity contribution in [2.75, 3.05) is 34.8 Å². The van der Waals surface area contributed by atoms with E-state index in [1.165, 1.54) is 18.4 Å². The third kappa shape index (κ3) is 6.85. The Kier molecular flexibility index (Phi) is 10.6. The van der Waals surface area contributed by atoms with E-state index in [-0.39, 0.29) is 28.9 Å². The lowest BCUT2D eigenvalue weighted by molar-refractivity contribution is 0.396. The molecular formula is C21H31IN4O3S. The second-order valence-corrected chi connectivity index (χ2v) is 8.92. The van der Waals surface area contributed by atoms with E-state index >= 15 is 0 Å². The van der Waals surface area contributed by atoms with Crippen molar-refractivity contribution in [2.45, 2.75) is 24.9 Å². The summed E-state index contributed by atoms with van der Waals surface area (Å²) in [6, 6.07) is 14.7. The first-order chi connectivity index (χ1) is 13.8. The monoisotopic (exact) mass is 546 g/mol. The van der Waals surface area contributed by atoms with Crippen LogP contribution in [0.4, 0.5) is 0 Å². The van der Waals surface area contributed by atoms with E-state index in [1.54, 1.807) is 31.4 Å². The van der Waals surface area contributed by atoms with E-state index in [0.717, 1.165) is 29.4 Å². The van der Waals surface area contributed by atoms with Gasteiger partial charge in [0.05, 0.1) is 18.6 Å². The van der Waals surface area contributed by atoms with Gasteiger partial charge in [-0.3, -0.25) is 0 Å².